The summed E-state index contributed by atoms with van der Waals surface area (Å²) in [6.07, 6.45) is 2.97. The zero-order valence-corrected chi connectivity index (χ0v) is 16.2. The van der Waals surface area contributed by atoms with Gasteiger partial charge in [-0.05, 0) is 48.4 Å². The van der Waals surface area contributed by atoms with Crippen LogP contribution in [0, 0.1) is 0 Å². The Morgan fingerprint density at radius 1 is 0.867 bits per heavy atom. The van der Waals surface area contributed by atoms with Crippen LogP contribution in [0.25, 0.3) is 0 Å². The smallest absolute Gasteiger partial charge is 0.328 e. The Hall–Kier alpha value is -4.06. The number of hydrogen-bond donors (Lipinski definition) is 3. The molecule has 2 amide bonds. The number of rotatable bonds is 8. The van der Waals surface area contributed by atoms with Crippen molar-refractivity contribution in [1.82, 2.24) is 5.32 Å². The van der Waals surface area contributed by atoms with Crippen LogP contribution in [-0.4, -0.2) is 23.1 Å². The SMILES string of the molecule is O=C(O)C=CC(Cc1ccccc1)NC(=O)Nc1ccc(Oc2ccccc2)cc1. The number of benzene rings is 3. The number of amides is 2. The minimum atomic E-state index is -1.07. The van der Waals surface area contributed by atoms with E-state index >= 15 is 0 Å². The summed E-state index contributed by atoms with van der Waals surface area (Å²) in [4.78, 5) is 23.3. The lowest BCUT2D eigenvalue weighted by Crippen LogP contribution is -2.38. The molecule has 0 aliphatic rings. The van der Waals surface area contributed by atoms with E-state index in [0.29, 0.717) is 17.9 Å². The van der Waals surface area contributed by atoms with Crippen molar-refractivity contribution in [1.29, 1.82) is 0 Å². The van der Waals surface area contributed by atoms with Crippen molar-refractivity contribution in [2.45, 2.75) is 12.5 Å². The molecule has 3 aromatic rings. The Morgan fingerprint density at radius 2 is 1.47 bits per heavy atom. The van der Waals surface area contributed by atoms with E-state index in [0.717, 1.165) is 17.4 Å². The van der Waals surface area contributed by atoms with Gasteiger partial charge in [0.15, 0.2) is 0 Å². The van der Waals surface area contributed by atoms with Crippen LogP contribution in [0.1, 0.15) is 5.56 Å². The number of nitrogens with one attached hydrogen (secondary N) is 2. The van der Waals surface area contributed by atoms with Crippen LogP contribution in [0.2, 0.25) is 0 Å². The van der Waals surface area contributed by atoms with Crippen molar-refractivity contribution in [2.24, 2.45) is 0 Å². The molecule has 30 heavy (non-hydrogen) atoms. The lowest BCUT2D eigenvalue weighted by molar-refractivity contribution is -0.131. The summed E-state index contributed by atoms with van der Waals surface area (Å²) in [6, 6.07) is 25.0. The monoisotopic (exact) mass is 402 g/mol. The Morgan fingerprint density at radius 3 is 2.10 bits per heavy atom. The Balaban J connectivity index is 1.59. The van der Waals surface area contributed by atoms with Crippen LogP contribution in [0.15, 0.2) is 97.1 Å². The molecule has 1 atom stereocenters. The maximum atomic E-state index is 12.4. The zero-order valence-electron chi connectivity index (χ0n) is 16.2. The topological polar surface area (TPSA) is 87.7 Å². The fraction of sp³-hybridized carbons (Fsp3) is 0.0833. The lowest BCUT2D eigenvalue weighted by Gasteiger charge is -2.16. The second-order valence-electron chi connectivity index (χ2n) is 6.53. The van der Waals surface area contributed by atoms with Gasteiger partial charge < -0.3 is 20.5 Å². The standard InChI is InChI=1S/C24H22N2O4/c27-23(28)16-13-20(17-18-7-3-1-4-8-18)26-24(29)25-19-11-14-22(15-12-19)30-21-9-5-2-6-10-21/h1-16,20H,17H2,(H,27,28)(H2,25,26,29). The molecule has 6 nitrogen and oxygen atoms in total. The third kappa shape index (κ3) is 6.83. The van der Waals surface area contributed by atoms with Crippen LogP contribution in [0.5, 0.6) is 11.5 Å². The molecule has 0 aliphatic heterocycles. The maximum absolute atomic E-state index is 12.4. The molecular formula is C24H22N2O4. The average molecular weight is 402 g/mol. The van der Waals surface area contributed by atoms with Crippen molar-refractivity contribution >= 4 is 17.7 Å². The van der Waals surface area contributed by atoms with Crippen molar-refractivity contribution in [3.8, 4) is 11.5 Å². The fourth-order valence-electron chi connectivity index (χ4n) is 2.80. The normalized spacial score (nSPS) is 11.6. The predicted molar refractivity (Wildman–Crippen MR) is 116 cm³/mol. The van der Waals surface area contributed by atoms with Crippen LogP contribution < -0.4 is 15.4 Å². The number of carboxylic acids is 1. The Bertz CT molecular complexity index is 987. The number of carbonyl (C=O) groups is 2. The summed E-state index contributed by atoms with van der Waals surface area (Å²) >= 11 is 0. The number of para-hydroxylation sites is 1. The second-order valence-corrected chi connectivity index (χ2v) is 6.53. The molecule has 1 unspecified atom stereocenters. The summed E-state index contributed by atoms with van der Waals surface area (Å²) in [5.74, 6) is 0.313. The highest BCUT2D eigenvalue weighted by Gasteiger charge is 2.11. The molecule has 0 radical (unpaired) electrons. The average Bonchev–Trinajstić information content (AvgIpc) is 2.75. The van der Waals surface area contributed by atoms with Crippen molar-refractivity contribution in [3.05, 3.63) is 103 Å². The molecule has 0 fully saturated rings. The quantitative estimate of drug-likeness (QED) is 0.470. The van der Waals surface area contributed by atoms with Crippen molar-refractivity contribution < 1.29 is 19.4 Å². The van der Waals surface area contributed by atoms with Gasteiger partial charge in [0.05, 0.1) is 6.04 Å². The molecule has 3 aromatic carbocycles. The number of urea groups is 1. The molecular weight excluding hydrogens is 380 g/mol. The molecule has 0 aromatic heterocycles. The van der Waals surface area contributed by atoms with Gasteiger partial charge in [0.2, 0.25) is 0 Å². The van der Waals surface area contributed by atoms with Crippen LogP contribution in [0.3, 0.4) is 0 Å². The fourth-order valence-corrected chi connectivity index (χ4v) is 2.80. The van der Waals surface area contributed by atoms with Crippen molar-refractivity contribution in [3.63, 3.8) is 0 Å². The lowest BCUT2D eigenvalue weighted by atomic mass is 10.1. The number of aliphatic carboxylic acids is 1. The van der Waals surface area contributed by atoms with Crippen LogP contribution >= 0.6 is 0 Å². The first kappa shape index (κ1) is 20.7. The summed E-state index contributed by atoms with van der Waals surface area (Å²) < 4.78 is 5.73. The third-order valence-electron chi connectivity index (χ3n) is 4.18. The first-order valence-electron chi connectivity index (χ1n) is 9.44. The molecule has 3 N–H and O–H groups in total. The van der Waals surface area contributed by atoms with Gasteiger partial charge in [-0.3, -0.25) is 0 Å². The molecule has 6 heteroatoms. The molecule has 0 saturated heterocycles. The maximum Gasteiger partial charge on any atom is 0.328 e. The third-order valence-corrected chi connectivity index (χ3v) is 4.18. The Labute approximate surface area is 174 Å². The van der Waals surface area contributed by atoms with Crippen LogP contribution in [-0.2, 0) is 11.2 Å². The minimum Gasteiger partial charge on any atom is -0.478 e. The summed E-state index contributed by atoms with van der Waals surface area (Å²) in [6.45, 7) is 0. The van der Waals surface area contributed by atoms with E-state index in [4.69, 9.17) is 9.84 Å². The van der Waals surface area contributed by atoms with E-state index in [1.165, 1.54) is 6.08 Å². The molecule has 0 aliphatic carbocycles. The Kier molecular flexibility index (Phi) is 7.22. The number of ether oxygens (including phenoxy) is 1. The van der Waals surface area contributed by atoms with E-state index < -0.39 is 18.0 Å². The number of anilines is 1. The first-order valence-corrected chi connectivity index (χ1v) is 9.44. The van der Waals surface area contributed by atoms with Crippen molar-refractivity contribution in [2.75, 3.05) is 5.32 Å². The van der Waals surface area contributed by atoms with Gasteiger partial charge in [-0.25, -0.2) is 9.59 Å². The van der Waals surface area contributed by atoms with E-state index in [1.807, 2.05) is 60.7 Å². The largest absolute Gasteiger partial charge is 0.478 e. The van der Waals surface area contributed by atoms with Gasteiger partial charge in [-0.2, -0.15) is 0 Å². The molecule has 0 spiro atoms. The van der Waals surface area contributed by atoms with Gasteiger partial charge in [0.25, 0.3) is 0 Å². The highest BCUT2D eigenvalue weighted by atomic mass is 16.5. The van der Waals surface area contributed by atoms with E-state index in [-0.39, 0.29) is 0 Å². The van der Waals surface area contributed by atoms with E-state index in [1.54, 1.807) is 24.3 Å². The van der Waals surface area contributed by atoms with Gasteiger partial charge >= 0.3 is 12.0 Å². The van der Waals surface area contributed by atoms with Gasteiger partial charge in [-0.1, -0.05) is 54.6 Å². The highest BCUT2D eigenvalue weighted by Crippen LogP contribution is 2.22. The molecule has 0 saturated carbocycles. The summed E-state index contributed by atoms with van der Waals surface area (Å²) in [5.41, 5.74) is 1.58. The number of carbonyl (C=O) groups excluding carboxylic acids is 1. The molecule has 0 heterocycles. The predicted octanol–water partition coefficient (Wildman–Crippen LogP) is 4.85. The summed E-state index contributed by atoms with van der Waals surface area (Å²) in [7, 11) is 0. The van der Waals surface area contributed by atoms with E-state index in [2.05, 4.69) is 10.6 Å². The summed E-state index contributed by atoms with van der Waals surface area (Å²) in [5, 5.41) is 14.4. The minimum absolute atomic E-state index is 0.428. The second kappa shape index (κ2) is 10.5. The van der Waals surface area contributed by atoms with Crippen LogP contribution in [0.4, 0.5) is 10.5 Å². The van der Waals surface area contributed by atoms with Gasteiger partial charge in [0.1, 0.15) is 11.5 Å². The highest BCUT2D eigenvalue weighted by molar-refractivity contribution is 5.89. The van der Waals surface area contributed by atoms with E-state index in [9.17, 15) is 9.59 Å². The van der Waals surface area contributed by atoms with Gasteiger partial charge in [0, 0.05) is 11.8 Å². The molecule has 152 valence electrons. The number of carboxylic acid groups (broad SMARTS) is 1. The zero-order chi connectivity index (χ0) is 21.2. The first-order chi connectivity index (χ1) is 14.6. The number of hydrogen-bond acceptors (Lipinski definition) is 3. The molecule has 3 rings (SSSR count). The molecule has 0 bridgehead atoms. The van der Waals surface area contributed by atoms with Gasteiger partial charge in [-0.15, -0.1) is 0 Å².